The Hall–Kier alpha value is -3.26. The Morgan fingerprint density at radius 2 is 2.09 bits per heavy atom. The lowest BCUT2D eigenvalue weighted by Crippen LogP contribution is -2.40. The summed E-state index contributed by atoms with van der Waals surface area (Å²) in [6.45, 7) is 3.36. The number of aryl methyl sites for hydroxylation is 2. The number of rotatable bonds is 8. The number of ether oxygens (including phenoxy) is 1. The number of hydrogen-bond acceptors (Lipinski definition) is 6. The predicted molar refractivity (Wildman–Crippen MR) is 119 cm³/mol. The van der Waals surface area contributed by atoms with Gasteiger partial charge in [-0.05, 0) is 75.2 Å². The fourth-order valence-corrected chi connectivity index (χ4v) is 3.93. The molecule has 1 aromatic heterocycles. The summed E-state index contributed by atoms with van der Waals surface area (Å²) in [6.07, 6.45) is 3.22. The monoisotopic (exact) mass is 438 g/mol. The lowest BCUT2D eigenvalue weighted by molar-refractivity contribution is -0.120. The van der Waals surface area contributed by atoms with Crippen LogP contribution in [0.25, 0.3) is 11.4 Å². The Balaban J connectivity index is 1.29. The minimum atomic E-state index is -0.290. The van der Waals surface area contributed by atoms with Crippen molar-refractivity contribution in [3.05, 3.63) is 59.7 Å². The van der Waals surface area contributed by atoms with Gasteiger partial charge in [0.05, 0.1) is 13.2 Å². The van der Waals surface area contributed by atoms with Crippen molar-refractivity contribution in [3.63, 3.8) is 0 Å². The molecule has 0 spiro atoms. The van der Waals surface area contributed by atoms with Gasteiger partial charge in [-0.1, -0.05) is 17.3 Å². The van der Waals surface area contributed by atoms with Gasteiger partial charge in [0.25, 0.3) is 0 Å². The van der Waals surface area contributed by atoms with Crippen LogP contribution in [-0.2, 0) is 11.2 Å². The third kappa shape index (κ3) is 5.13. The van der Waals surface area contributed by atoms with E-state index in [1.54, 1.807) is 26.2 Å². The molecule has 7 nitrogen and oxygen atoms in total. The summed E-state index contributed by atoms with van der Waals surface area (Å²) < 4.78 is 24.3. The highest BCUT2D eigenvalue weighted by Gasteiger charge is 2.30. The first kappa shape index (κ1) is 22.0. The average molecular weight is 439 g/mol. The van der Waals surface area contributed by atoms with Crippen LogP contribution in [0, 0.1) is 12.7 Å². The van der Waals surface area contributed by atoms with E-state index in [1.165, 1.54) is 6.07 Å². The van der Waals surface area contributed by atoms with Crippen molar-refractivity contribution in [1.82, 2.24) is 15.0 Å². The molecule has 1 atom stereocenters. The number of methoxy groups -OCH3 is 1. The molecule has 0 aliphatic carbocycles. The SMILES string of the molecule is COc1ccc(NC(=O)C2CCCN2CCCc2nc(-c3ccc(C)c(F)c3)no2)cc1. The lowest BCUT2D eigenvalue weighted by Gasteiger charge is -2.23. The van der Waals surface area contributed by atoms with Crippen LogP contribution < -0.4 is 10.1 Å². The van der Waals surface area contributed by atoms with Gasteiger partial charge in [0, 0.05) is 17.7 Å². The number of amides is 1. The Morgan fingerprint density at radius 1 is 1.28 bits per heavy atom. The van der Waals surface area contributed by atoms with Crippen LogP contribution in [0.15, 0.2) is 47.0 Å². The van der Waals surface area contributed by atoms with Gasteiger partial charge >= 0.3 is 0 Å². The number of likely N-dealkylation sites (tertiary alicyclic amines) is 1. The summed E-state index contributed by atoms with van der Waals surface area (Å²) >= 11 is 0. The predicted octanol–water partition coefficient (Wildman–Crippen LogP) is 4.23. The summed E-state index contributed by atoms with van der Waals surface area (Å²) in [7, 11) is 1.61. The van der Waals surface area contributed by atoms with Crippen LogP contribution in [0.5, 0.6) is 5.75 Å². The van der Waals surface area contributed by atoms with E-state index in [9.17, 15) is 9.18 Å². The van der Waals surface area contributed by atoms with Crippen molar-refractivity contribution >= 4 is 11.6 Å². The van der Waals surface area contributed by atoms with Crippen molar-refractivity contribution in [2.24, 2.45) is 0 Å². The number of halogens is 1. The quantitative estimate of drug-likeness (QED) is 0.567. The fourth-order valence-electron chi connectivity index (χ4n) is 3.93. The standard InChI is InChI=1S/C24H27FN4O3/c1-16-7-8-17(15-20(16)25)23-27-22(32-28-23)6-4-14-29-13-3-5-21(29)24(30)26-18-9-11-19(31-2)12-10-18/h7-12,15,21H,3-6,13-14H2,1-2H3,(H,26,30). The molecule has 1 amide bonds. The van der Waals surface area contributed by atoms with Crippen LogP contribution >= 0.6 is 0 Å². The first-order chi connectivity index (χ1) is 15.5. The van der Waals surface area contributed by atoms with Crippen molar-refractivity contribution in [2.75, 3.05) is 25.5 Å². The molecule has 32 heavy (non-hydrogen) atoms. The molecule has 1 saturated heterocycles. The molecular weight excluding hydrogens is 411 g/mol. The molecule has 1 unspecified atom stereocenters. The molecule has 2 heterocycles. The van der Waals surface area contributed by atoms with Crippen molar-refractivity contribution < 1.29 is 18.4 Å². The molecule has 2 aromatic carbocycles. The molecule has 1 fully saturated rings. The number of carbonyl (C=O) groups is 1. The summed E-state index contributed by atoms with van der Waals surface area (Å²) in [4.78, 5) is 19.4. The van der Waals surface area contributed by atoms with Gasteiger partial charge in [-0.15, -0.1) is 0 Å². The Labute approximate surface area is 186 Å². The van der Waals surface area contributed by atoms with Crippen LogP contribution in [0.4, 0.5) is 10.1 Å². The highest BCUT2D eigenvalue weighted by Crippen LogP contribution is 2.22. The minimum Gasteiger partial charge on any atom is -0.497 e. The first-order valence-electron chi connectivity index (χ1n) is 10.8. The van der Waals surface area contributed by atoms with Crippen molar-refractivity contribution in [3.8, 4) is 17.1 Å². The molecule has 1 N–H and O–H groups in total. The Bertz CT molecular complexity index is 1070. The van der Waals surface area contributed by atoms with Gasteiger partial charge in [-0.25, -0.2) is 4.39 Å². The third-order valence-corrected chi connectivity index (χ3v) is 5.76. The summed E-state index contributed by atoms with van der Waals surface area (Å²) in [6, 6.07) is 12.1. The van der Waals surface area contributed by atoms with E-state index in [2.05, 4.69) is 20.4 Å². The van der Waals surface area contributed by atoms with E-state index in [0.29, 0.717) is 29.3 Å². The zero-order chi connectivity index (χ0) is 22.5. The molecule has 1 aliphatic rings. The second kappa shape index (κ2) is 9.91. The van der Waals surface area contributed by atoms with Gasteiger partial charge in [0.2, 0.25) is 17.6 Å². The topological polar surface area (TPSA) is 80.5 Å². The fraction of sp³-hybridized carbons (Fsp3) is 0.375. The van der Waals surface area contributed by atoms with E-state index in [0.717, 1.165) is 43.8 Å². The van der Waals surface area contributed by atoms with Crippen LogP contribution in [0.2, 0.25) is 0 Å². The van der Waals surface area contributed by atoms with Crippen molar-refractivity contribution in [1.29, 1.82) is 0 Å². The summed E-state index contributed by atoms with van der Waals surface area (Å²) in [5, 5.41) is 6.97. The molecule has 3 aromatic rings. The maximum Gasteiger partial charge on any atom is 0.241 e. The molecule has 4 rings (SSSR count). The molecule has 0 radical (unpaired) electrons. The van der Waals surface area contributed by atoms with Gasteiger partial charge in [0.1, 0.15) is 11.6 Å². The third-order valence-electron chi connectivity index (χ3n) is 5.76. The highest BCUT2D eigenvalue weighted by molar-refractivity contribution is 5.95. The van der Waals surface area contributed by atoms with Crippen LogP contribution in [0.3, 0.4) is 0 Å². The van der Waals surface area contributed by atoms with Gasteiger partial charge < -0.3 is 14.6 Å². The maximum absolute atomic E-state index is 13.8. The zero-order valence-corrected chi connectivity index (χ0v) is 18.3. The first-order valence-corrected chi connectivity index (χ1v) is 10.8. The van der Waals surface area contributed by atoms with E-state index in [1.807, 2.05) is 24.3 Å². The number of benzene rings is 2. The molecule has 8 heteroatoms. The molecular formula is C24H27FN4O3. The zero-order valence-electron chi connectivity index (χ0n) is 18.3. The smallest absolute Gasteiger partial charge is 0.241 e. The summed E-state index contributed by atoms with van der Waals surface area (Å²) in [5.41, 5.74) is 1.93. The van der Waals surface area contributed by atoms with Gasteiger partial charge in [0.15, 0.2) is 0 Å². The second-order valence-corrected chi connectivity index (χ2v) is 7.99. The van der Waals surface area contributed by atoms with Crippen LogP contribution in [-0.4, -0.2) is 47.2 Å². The molecule has 1 aliphatic heterocycles. The van der Waals surface area contributed by atoms with Gasteiger partial charge in [-0.2, -0.15) is 4.98 Å². The number of nitrogens with zero attached hydrogens (tertiary/aromatic N) is 3. The van der Waals surface area contributed by atoms with E-state index >= 15 is 0 Å². The Kier molecular flexibility index (Phi) is 6.80. The van der Waals surface area contributed by atoms with E-state index < -0.39 is 0 Å². The molecule has 0 bridgehead atoms. The molecule has 168 valence electrons. The number of carbonyl (C=O) groups excluding carboxylic acids is 1. The van der Waals surface area contributed by atoms with Gasteiger partial charge in [-0.3, -0.25) is 9.69 Å². The number of aromatic nitrogens is 2. The largest absolute Gasteiger partial charge is 0.497 e. The summed E-state index contributed by atoms with van der Waals surface area (Å²) in [5.74, 6) is 1.37. The maximum atomic E-state index is 13.8. The Morgan fingerprint density at radius 3 is 2.84 bits per heavy atom. The number of nitrogens with one attached hydrogen (secondary N) is 1. The van der Waals surface area contributed by atoms with E-state index in [4.69, 9.17) is 9.26 Å². The number of anilines is 1. The highest BCUT2D eigenvalue weighted by atomic mass is 19.1. The average Bonchev–Trinajstić information content (AvgIpc) is 3.46. The normalized spacial score (nSPS) is 16.3. The second-order valence-electron chi connectivity index (χ2n) is 7.99. The minimum absolute atomic E-state index is 0.00846. The molecule has 0 saturated carbocycles. The number of hydrogen-bond donors (Lipinski definition) is 1. The lowest BCUT2D eigenvalue weighted by atomic mass is 10.1. The van der Waals surface area contributed by atoms with E-state index in [-0.39, 0.29) is 17.8 Å². The van der Waals surface area contributed by atoms with Crippen molar-refractivity contribution in [2.45, 2.75) is 38.6 Å². The van der Waals surface area contributed by atoms with Crippen LogP contribution in [0.1, 0.15) is 30.7 Å².